The number of nitrogens with two attached hydrogens (primary N) is 2. The van der Waals surface area contributed by atoms with Gasteiger partial charge in [0.05, 0.1) is 11.2 Å². The molecule has 0 saturated carbocycles. The molecule has 3 aromatic heterocycles. The Morgan fingerprint density at radius 1 is 0.963 bits per heavy atom. The fourth-order valence-electron chi connectivity index (χ4n) is 3.45. The van der Waals surface area contributed by atoms with Crippen molar-refractivity contribution in [3.05, 3.63) is 60.4 Å². The lowest BCUT2D eigenvalue weighted by Crippen LogP contribution is -2.14. The Hall–Kier alpha value is -4.00. The molecule has 5 N–H and O–H groups in total. The van der Waals surface area contributed by atoms with Gasteiger partial charge in [0.1, 0.15) is 5.69 Å². The van der Waals surface area contributed by atoms with Crippen LogP contribution in [0, 0.1) is 0 Å². The smallest absolute Gasteiger partial charge is 0.267 e. The maximum absolute atomic E-state index is 12.1. The second-order valence-electron chi connectivity index (χ2n) is 6.31. The molecule has 0 bridgehead atoms. The highest BCUT2D eigenvalue weighted by Gasteiger charge is 2.19. The Morgan fingerprint density at radius 2 is 1.74 bits per heavy atom. The van der Waals surface area contributed by atoms with Crippen LogP contribution in [-0.2, 0) is 0 Å². The Morgan fingerprint density at radius 3 is 2.52 bits per heavy atom. The molecule has 5 rings (SSSR count). The lowest BCUT2D eigenvalue weighted by Gasteiger charge is -2.03. The first-order chi connectivity index (χ1) is 13.1. The van der Waals surface area contributed by atoms with E-state index in [0.29, 0.717) is 16.7 Å². The molecule has 2 aromatic carbocycles. The number of para-hydroxylation sites is 1. The molecule has 1 amide bonds. The van der Waals surface area contributed by atoms with E-state index in [1.165, 1.54) is 0 Å². The van der Waals surface area contributed by atoms with Crippen molar-refractivity contribution in [1.82, 2.24) is 20.2 Å². The Bertz CT molecular complexity index is 1350. The largest absolute Gasteiger partial charge is 0.399 e. The molecule has 0 aliphatic heterocycles. The van der Waals surface area contributed by atoms with Crippen molar-refractivity contribution in [3.63, 3.8) is 0 Å². The number of rotatable bonds is 2. The average molecular weight is 354 g/mol. The van der Waals surface area contributed by atoms with Crippen molar-refractivity contribution < 1.29 is 4.79 Å². The van der Waals surface area contributed by atoms with E-state index < -0.39 is 5.91 Å². The molecule has 0 unspecified atom stereocenters. The Balaban J connectivity index is 2.07. The highest BCUT2D eigenvalue weighted by Crippen LogP contribution is 2.36. The van der Waals surface area contributed by atoms with Crippen molar-refractivity contribution in [2.24, 2.45) is 5.73 Å². The Labute approximate surface area is 153 Å². The third-order valence-corrected chi connectivity index (χ3v) is 4.67. The summed E-state index contributed by atoms with van der Waals surface area (Å²) in [6.07, 6.45) is 1.72. The first kappa shape index (κ1) is 15.3. The summed E-state index contributed by atoms with van der Waals surface area (Å²) in [5.41, 5.74) is 15.2. The number of nitrogen functional groups attached to an aromatic ring is 1. The number of benzene rings is 2. The van der Waals surface area contributed by atoms with Gasteiger partial charge < -0.3 is 11.5 Å². The second kappa shape index (κ2) is 5.50. The van der Waals surface area contributed by atoms with E-state index in [-0.39, 0.29) is 5.69 Å². The molecule has 27 heavy (non-hydrogen) atoms. The minimum absolute atomic E-state index is 0.234. The molecule has 0 saturated heterocycles. The van der Waals surface area contributed by atoms with Crippen LogP contribution in [0.15, 0.2) is 54.7 Å². The van der Waals surface area contributed by atoms with E-state index in [1.54, 1.807) is 6.20 Å². The number of carbonyl (C=O) groups is 1. The highest BCUT2D eigenvalue weighted by molar-refractivity contribution is 6.24. The van der Waals surface area contributed by atoms with Crippen molar-refractivity contribution in [1.29, 1.82) is 0 Å². The molecule has 0 spiro atoms. The molecule has 7 heteroatoms. The first-order valence-electron chi connectivity index (χ1n) is 8.35. The number of H-pyrrole nitrogens is 1. The third-order valence-electron chi connectivity index (χ3n) is 4.67. The van der Waals surface area contributed by atoms with Gasteiger partial charge >= 0.3 is 0 Å². The molecule has 0 atom stereocenters. The number of amides is 1. The van der Waals surface area contributed by atoms with E-state index in [4.69, 9.17) is 16.5 Å². The number of nitrogens with zero attached hydrogens (tertiary/aromatic N) is 3. The van der Waals surface area contributed by atoms with Gasteiger partial charge in [-0.2, -0.15) is 5.10 Å². The number of fused-ring (bicyclic) bond motifs is 2. The van der Waals surface area contributed by atoms with Crippen molar-refractivity contribution >= 4 is 44.3 Å². The fourth-order valence-corrected chi connectivity index (χ4v) is 3.45. The Kier molecular flexibility index (Phi) is 3.11. The maximum Gasteiger partial charge on any atom is 0.267 e. The predicted octanol–water partition coefficient (Wildman–Crippen LogP) is 3.01. The summed E-state index contributed by atoms with van der Waals surface area (Å²) < 4.78 is 0. The van der Waals surface area contributed by atoms with Gasteiger partial charge in [-0.1, -0.05) is 30.3 Å². The van der Waals surface area contributed by atoms with Crippen LogP contribution >= 0.6 is 0 Å². The second-order valence-corrected chi connectivity index (χ2v) is 6.31. The van der Waals surface area contributed by atoms with Gasteiger partial charge in [-0.15, -0.1) is 0 Å². The summed E-state index contributed by atoms with van der Waals surface area (Å²) >= 11 is 0. The quantitative estimate of drug-likeness (QED) is 0.420. The topological polar surface area (TPSA) is 124 Å². The highest BCUT2D eigenvalue weighted by atomic mass is 16.1. The fraction of sp³-hybridized carbons (Fsp3) is 0. The molecular weight excluding hydrogens is 340 g/mol. The van der Waals surface area contributed by atoms with Gasteiger partial charge in [-0.3, -0.25) is 9.89 Å². The number of hydrogen-bond acceptors (Lipinski definition) is 5. The number of hydrogen-bond donors (Lipinski definition) is 3. The molecule has 7 nitrogen and oxygen atoms in total. The van der Waals surface area contributed by atoms with Crippen molar-refractivity contribution in [2.45, 2.75) is 0 Å². The zero-order chi connectivity index (χ0) is 18.5. The normalized spacial score (nSPS) is 11.4. The summed E-state index contributed by atoms with van der Waals surface area (Å²) in [6.45, 7) is 0. The third kappa shape index (κ3) is 2.22. The van der Waals surface area contributed by atoms with Crippen LogP contribution in [0.5, 0.6) is 0 Å². The molecule has 0 aliphatic rings. The van der Waals surface area contributed by atoms with Gasteiger partial charge in [0.2, 0.25) is 0 Å². The van der Waals surface area contributed by atoms with Gasteiger partial charge in [0.25, 0.3) is 5.91 Å². The molecule has 0 fully saturated rings. The first-order valence-corrected chi connectivity index (χ1v) is 8.35. The lowest BCUT2D eigenvalue weighted by molar-refractivity contribution is 0.0996. The minimum atomic E-state index is -0.586. The number of nitrogens with one attached hydrogen (secondary N) is 1. The summed E-state index contributed by atoms with van der Waals surface area (Å²) in [5, 5.41) is 9.99. The molecular formula is C20H14N6O. The van der Waals surface area contributed by atoms with Crippen LogP contribution in [-0.4, -0.2) is 26.1 Å². The number of anilines is 1. The molecule has 0 radical (unpaired) electrons. The van der Waals surface area contributed by atoms with Gasteiger partial charge in [-0.25, -0.2) is 9.97 Å². The van der Waals surface area contributed by atoms with Crippen LogP contribution in [0.1, 0.15) is 10.5 Å². The van der Waals surface area contributed by atoms with E-state index in [2.05, 4.69) is 15.2 Å². The number of aromatic nitrogens is 4. The number of carbonyl (C=O) groups excluding carboxylic acids is 1. The molecule has 3 heterocycles. The van der Waals surface area contributed by atoms with Gasteiger partial charge in [0.15, 0.2) is 5.65 Å². The van der Waals surface area contributed by atoms with Crippen LogP contribution in [0.4, 0.5) is 5.69 Å². The zero-order valence-corrected chi connectivity index (χ0v) is 14.1. The summed E-state index contributed by atoms with van der Waals surface area (Å²) in [6, 6.07) is 15.1. The summed E-state index contributed by atoms with van der Waals surface area (Å²) in [5.74, 6) is -0.586. The number of aromatic amines is 1. The predicted molar refractivity (Wildman–Crippen MR) is 105 cm³/mol. The van der Waals surface area contributed by atoms with Crippen molar-refractivity contribution in [3.8, 4) is 11.3 Å². The van der Waals surface area contributed by atoms with Crippen LogP contribution in [0.25, 0.3) is 44.0 Å². The van der Waals surface area contributed by atoms with Crippen molar-refractivity contribution in [2.75, 3.05) is 5.73 Å². The standard InChI is InChI=1S/C20H14N6O/c21-11-7-5-10(6-8-11)17-13-9-23-20-16(13)15(18(19(22)27)25-26-20)12-3-1-2-4-14(12)24-17/h1-9,25H,21H2,(H2,22,27). The van der Waals surface area contributed by atoms with E-state index >= 15 is 0 Å². The average Bonchev–Trinajstić information content (AvgIpc) is 3.04. The minimum Gasteiger partial charge on any atom is -0.399 e. The molecule has 130 valence electrons. The monoisotopic (exact) mass is 354 g/mol. The van der Waals surface area contributed by atoms with E-state index in [9.17, 15) is 4.79 Å². The maximum atomic E-state index is 12.1. The van der Waals surface area contributed by atoms with E-state index in [0.717, 1.165) is 32.9 Å². The zero-order valence-electron chi connectivity index (χ0n) is 14.1. The molecule has 5 aromatic rings. The molecule has 0 aliphatic carbocycles. The van der Waals surface area contributed by atoms with Gasteiger partial charge in [0, 0.05) is 39.0 Å². The number of primary amides is 1. The summed E-state index contributed by atoms with van der Waals surface area (Å²) in [4.78, 5) is 21.4. The van der Waals surface area contributed by atoms with E-state index in [1.807, 2.05) is 48.5 Å². The van der Waals surface area contributed by atoms with Crippen LogP contribution < -0.4 is 11.5 Å². The SMILES string of the molecule is NC(=O)c1[nH]nc2ncc3c(-c4ccc(N)cc4)nc4ccccc4c1c23. The van der Waals surface area contributed by atoms with Gasteiger partial charge in [-0.05, 0) is 18.2 Å². The summed E-state index contributed by atoms with van der Waals surface area (Å²) in [7, 11) is 0. The van der Waals surface area contributed by atoms with Crippen LogP contribution in [0.2, 0.25) is 0 Å². The lowest BCUT2D eigenvalue weighted by atomic mass is 10.0. The van der Waals surface area contributed by atoms with Crippen LogP contribution in [0.3, 0.4) is 0 Å².